The molecule has 0 radical (unpaired) electrons. The van der Waals surface area contributed by atoms with Gasteiger partial charge in [-0.05, 0) is 48.9 Å². The average Bonchev–Trinajstić information content (AvgIpc) is 2.57. The first-order valence-corrected chi connectivity index (χ1v) is 8.34. The molecular weight excluding hydrogens is 354 g/mol. The van der Waals surface area contributed by atoms with Crippen molar-refractivity contribution in [2.45, 2.75) is 34.3 Å². The summed E-state index contributed by atoms with van der Waals surface area (Å²) in [5.41, 5.74) is 1.67. The molecule has 0 unspecified atom stereocenters. The number of anilines is 2. The highest BCUT2D eigenvalue weighted by molar-refractivity contribution is 6.05. The lowest BCUT2D eigenvalue weighted by molar-refractivity contribution is -0.123. The largest absolute Gasteiger partial charge is 0.435 e. The summed E-state index contributed by atoms with van der Waals surface area (Å²) in [4.78, 5) is 24.5. The summed E-state index contributed by atoms with van der Waals surface area (Å²) < 4.78 is 28.6. The number of hydrogen-bond donors (Lipinski definition) is 2. The summed E-state index contributed by atoms with van der Waals surface area (Å²) in [6.07, 6.45) is 0. The molecule has 0 heterocycles. The maximum Gasteiger partial charge on any atom is 0.387 e. The fourth-order valence-corrected chi connectivity index (χ4v) is 2.14. The van der Waals surface area contributed by atoms with Gasteiger partial charge in [0.1, 0.15) is 5.75 Å². The Morgan fingerprint density at radius 2 is 1.63 bits per heavy atom. The molecule has 0 aliphatic heterocycles. The Morgan fingerprint density at radius 1 is 1.00 bits per heavy atom. The molecular formula is C20H22F2N2O3. The molecule has 144 valence electrons. The lowest BCUT2D eigenvalue weighted by Crippen LogP contribution is -2.27. The minimum atomic E-state index is -2.92. The third kappa shape index (κ3) is 5.77. The second-order valence-corrected chi connectivity index (χ2v) is 7.09. The van der Waals surface area contributed by atoms with Gasteiger partial charge < -0.3 is 15.4 Å². The highest BCUT2D eigenvalue weighted by atomic mass is 19.3. The van der Waals surface area contributed by atoms with E-state index < -0.39 is 17.9 Å². The van der Waals surface area contributed by atoms with Crippen molar-refractivity contribution in [3.05, 3.63) is 53.6 Å². The number of aryl methyl sites for hydroxylation is 1. The quantitative estimate of drug-likeness (QED) is 0.785. The zero-order valence-electron chi connectivity index (χ0n) is 15.6. The van der Waals surface area contributed by atoms with Gasteiger partial charge in [-0.25, -0.2) is 0 Å². The van der Waals surface area contributed by atoms with Crippen LogP contribution in [0.3, 0.4) is 0 Å². The van der Waals surface area contributed by atoms with Crippen molar-refractivity contribution in [2.24, 2.45) is 5.41 Å². The summed E-state index contributed by atoms with van der Waals surface area (Å²) in [6, 6.07) is 10.6. The smallest absolute Gasteiger partial charge is 0.387 e. The number of benzene rings is 2. The molecule has 5 nitrogen and oxygen atoms in total. The Morgan fingerprint density at radius 3 is 2.19 bits per heavy atom. The van der Waals surface area contributed by atoms with Crippen LogP contribution < -0.4 is 15.4 Å². The standard InChI is InChI=1S/C20H22F2N2O3/c1-12-5-8-14(23-18(26)20(2,3)4)11-16(12)24-17(25)13-6-9-15(10-7-13)27-19(21)22/h5-11,19H,1-4H3,(H,23,26)(H,24,25). The predicted octanol–water partition coefficient (Wildman–Crippen LogP) is 4.83. The van der Waals surface area contributed by atoms with Gasteiger partial charge in [0.2, 0.25) is 5.91 Å². The molecule has 0 saturated carbocycles. The van der Waals surface area contributed by atoms with Gasteiger partial charge >= 0.3 is 6.61 Å². The van der Waals surface area contributed by atoms with E-state index in [1.165, 1.54) is 24.3 Å². The molecule has 0 fully saturated rings. The minimum absolute atomic E-state index is 0.0235. The van der Waals surface area contributed by atoms with Crippen molar-refractivity contribution in [2.75, 3.05) is 10.6 Å². The van der Waals surface area contributed by atoms with Crippen LogP contribution in [0.2, 0.25) is 0 Å². The fraction of sp³-hybridized carbons (Fsp3) is 0.300. The van der Waals surface area contributed by atoms with E-state index in [0.29, 0.717) is 16.9 Å². The van der Waals surface area contributed by atoms with Crippen LogP contribution in [0.1, 0.15) is 36.7 Å². The highest BCUT2D eigenvalue weighted by Crippen LogP contribution is 2.24. The molecule has 0 bridgehead atoms. The van der Waals surface area contributed by atoms with Gasteiger partial charge in [0.15, 0.2) is 0 Å². The van der Waals surface area contributed by atoms with Crippen LogP contribution in [0.4, 0.5) is 20.2 Å². The molecule has 2 aromatic rings. The van der Waals surface area contributed by atoms with Gasteiger partial charge in [-0.2, -0.15) is 8.78 Å². The zero-order valence-corrected chi connectivity index (χ0v) is 15.6. The van der Waals surface area contributed by atoms with Gasteiger partial charge in [0, 0.05) is 22.4 Å². The van der Waals surface area contributed by atoms with E-state index in [1.807, 2.05) is 6.92 Å². The van der Waals surface area contributed by atoms with Gasteiger partial charge in [0.05, 0.1) is 0 Å². The number of carbonyl (C=O) groups is 2. The fourth-order valence-electron chi connectivity index (χ4n) is 2.14. The van der Waals surface area contributed by atoms with Crippen LogP contribution in [0.5, 0.6) is 5.75 Å². The molecule has 0 aliphatic carbocycles. The average molecular weight is 376 g/mol. The Labute approximate surface area is 156 Å². The topological polar surface area (TPSA) is 67.4 Å². The first-order valence-electron chi connectivity index (χ1n) is 8.34. The number of nitrogens with one attached hydrogen (secondary N) is 2. The molecule has 0 aliphatic rings. The first-order chi connectivity index (χ1) is 12.6. The Bertz CT molecular complexity index is 828. The van der Waals surface area contributed by atoms with Crippen LogP contribution >= 0.6 is 0 Å². The predicted molar refractivity (Wildman–Crippen MR) is 100 cm³/mol. The van der Waals surface area contributed by atoms with Crippen LogP contribution in [-0.4, -0.2) is 18.4 Å². The van der Waals surface area contributed by atoms with E-state index in [0.717, 1.165) is 5.56 Å². The molecule has 2 rings (SSSR count). The molecule has 2 aromatic carbocycles. The molecule has 0 spiro atoms. The molecule has 2 N–H and O–H groups in total. The Hall–Kier alpha value is -2.96. The van der Waals surface area contributed by atoms with Crippen LogP contribution in [-0.2, 0) is 4.79 Å². The van der Waals surface area contributed by atoms with Gasteiger partial charge in [-0.1, -0.05) is 26.8 Å². The van der Waals surface area contributed by atoms with E-state index in [9.17, 15) is 18.4 Å². The summed E-state index contributed by atoms with van der Waals surface area (Å²) >= 11 is 0. The molecule has 27 heavy (non-hydrogen) atoms. The first kappa shape index (κ1) is 20.4. The molecule has 2 amide bonds. The van der Waals surface area contributed by atoms with E-state index >= 15 is 0 Å². The van der Waals surface area contributed by atoms with E-state index in [1.54, 1.807) is 39.0 Å². The van der Waals surface area contributed by atoms with E-state index in [-0.39, 0.29) is 11.7 Å². The molecule has 0 aromatic heterocycles. The highest BCUT2D eigenvalue weighted by Gasteiger charge is 2.21. The van der Waals surface area contributed by atoms with Crippen molar-refractivity contribution in [3.63, 3.8) is 0 Å². The van der Waals surface area contributed by atoms with Crippen LogP contribution in [0, 0.1) is 12.3 Å². The maximum absolute atomic E-state index is 12.4. The SMILES string of the molecule is Cc1ccc(NC(=O)C(C)(C)C)cc1NC(=O)c1ccc(OC(F)F)cc1. The van der Waals surface area contributed by atoms with Crippen molar-refractivity contribution in [1.82, 2.24) is 0 Å². The minimum Gasteiger partial charge on any atom is -0.435 e. The number of rotatable bonds is 5. The third-order valence-corrected chi connectivity index (χ3v) is 3.77. The van der Waals surface area contributed by atoms with Crippen LogP contribution in [0.25, 0.3) is 0 Å². The zero-order chi connectivity index (χ0) is 20.2. The number of ether oxygens (including phenoxy) is 1. The van der Waals surface area contributed by atoms with E-state index in [4.69, 9.17) is 0 Å². The summed E-state index contributed by atoms with van der Waals surface area (Å²) in [6.45, 7) is 4.32. The number of amides is 2. The van der Waals surface area contributed by atoms with Crippen LogP contribution in [0.15, 0.2) is 42.5 Å². The Balaban J connectivity index is 2.13. The summed E-state index contributed by atoms with van der Waals surface area (Å²) in [5, 5.41) is 5.57. The normalized spacial score (nSPS) is 11.2. The monoisotopic (exact) mass is 376 g/mol. The summed E-state index contributed by atoms with van der Waals surface area (Å²) in [7, 11) is 0. The molecule has 0 saturated heterocycles. The lowest BCUT2D eigenvalue weighted by atomic mass is 9.95. The summed E-state index contributed by atoms with van der Waals surface area (Å²) in [5.74, 6) is -0.566. The molecule has 7 heteroatoms. The van der Waals surface area contributed by atoms with Gasteiger partial charge in [-0.3, -0.25) is 9.59 Å². The maximum atomic E-state index is 12.4. The number of carbonyl (C=O) groups excluding carboxylic acids is 2. The number of alkyl halides is 2. The number of halogens is 2. The van der Waals surface area contributed by atoms with Crippen molar-refractivity contribution in [3.8, 4) is 5.75 Å². The Kier molecular flexibility index (Phi) is 6.15. The van der Waals surface area contributed by atoms with Crippen molar-refractivity contribution >= 4 is 23.2 Å². The van der Waals surface area contributed by atoms with Crippen molar-refractivity contribution in [1.29, 1.82) is 0 Å². The second-order valence-electron chi connectivity index (χ2n) is 7.09. The van der Waals surface area contributed by atoms with E-state index in [2.05, 4.69) is 15.4 Å². The second kappa shape index (κ2) is 8.16. The molecule has 0 atom stereocenters. The lowest BCUT2D eigenvalue weighted by Gasteiger charge is -2.18. The van der Waals surface area contributed by atoms with Gasteiger partial charge in [-0.15, -0.1) is 0 Å². The number of hydrogen-bond acceptors (Lipinski definition) is 3. The van der Waals surface area contributed by atoms with Gasteiger partial charge in [0.25, 0.3) is 5.91 Å². The van der Waals surface area contributed by atoms with Crippen molar-refractivity contribution < 1.29 is 23.1 Å². The third-order valence-electron chi connectivity index (χ3n) is 3.77.